The fraction of sp³-hybridized carbons (Fsp3) is 0.450. The highest BCUT2D eigenvalue weighted by molar-refractivity contribution is 8.00. The van der Waals surface area contributed by atoms with E-state index in [-0.39, 0.29) is 5.91 Å². The molecule has 5 nitrogen and oxygen atoms in total. The van der Waals surface area contributed by atoms with Crippen molar-refractivity contribution in [3.8, 4) is 0 Å². The number of nitrogens with one attached hydrogen (secondary N) is 1. The Labute approximate surface area is 159 Å². The van der Waals surface area contributed by atoms with Crippen LogP contribution in [-0.4, -0.2) is 34.7 Å². The van der Waals surface area contributed by atoms with Crippen molar-refractivity contribution in [2.45, 2.75) is 38.6 Å². The molecular weight excluding hydrogens is 344 g/mol. The number of nitrogens with zero attached hydrogens (tertiary/aromatic N) is 3. The molecule has 138 valence electrons. The molecule has 0 saturated carbocycles. The zero-order chi connectivity index (χ0) is 18.5. The summed E-state index contributed by atoms with van der Waals surface area (Å²) >= 11 is 1.45. The topological polar surface area (TPSA) is 58.1 Å². The highest BCUT2D eigenvalue weighted by Crippen LogP contribution is 2.29. The number of carbonyl (C=O) groups is 1. The molecule has 0 unspecified atom stereocenters. The van der Waals surface area contributed by atoms with Gasteiger partial charge in [0.15, 0.2) is 5.82 Å². The highest BCUT2D eigenvalue weighted by Gasteiger charge is 2.21. The van der Waals surface area contributed by atoms with E-state index in [1.54, 1.807) is 12.4 Å². The summed E-state index contributed by atoms with van der Waals surface area (Å²) in [5, 5.41) is 3.81. The van der Waals surface area contributed by atoms with Gasteiger partial charge in [-0.3, -0.25) is 4.79 Å². The molecule has 1 amide bonds. The average molecular weight is 371 g/mol. The van der Waals surface area contributed by atoms with Crippen LogP contribution in [0.1, 0.15) is 30.9 Å². The van der Waals surface area contributed by atoms with Crippen molar-refractivity contribution < 1.29 is 4.79 Å². The molecule has 3 rings (SSSR count). The van der Waals surface area contributed by atoms with Crippen molar-refractivity contribution in [3.63, 3.8) is 0 Å². The zero-order valence-electron chi connectivity index (χ0n) is 15.7. The third-order valence-electron chi connectivity index (χ3n) is 4.45. The smallest absolute Gasteiger partial charge is 0.234 e. The number of hydrogen-bond acceptors (Lipinski definition) is 5. The summed E-state index contributed by atoms with van der Waals surface area (Å²) in [5.41, 5.74) is 3.13. The number of rotatable bonds is 5. The summed E-state index contributed by atoms with van der Waals surface area (Å²) in [6.07, 6.45) is 5.86. The predicted octanol–water partition coefficient (Wildman–Crippen LogP) is 4.06. The van der Waals surface area contributed by atoms with Gasteiger partial charge in [0, 0.05) is 31.2 Å². The molecule has 0 spiro atoms. The van der Waals surface area contributed by atoms with Crippen LogP contribution in [0.4, 0.5) is 11.5 Å². The minimum atomic E-state index is -0.0244. The third kappa shape index (κ3) is 4.97. The van der Waals surface area contributed by atoms with Crippen LogP contribution >= 0.6 is 11.8 Å². The Kier molecular flexibility index (Phi) is 6.14. The molecular formula is C20H26N4OS. The van der Waals surface area contributed by atoms with E-state index in [0.717, 1.165) is 40.7 Å². The molecule has 2 aromatic rings. The van der Waals surface area contributed by atoms with E-state index >= 15 is 0 Å². The Bertz CT molecular complexity index is 760. The number of thioether (sulfide) groups is 1. The Morgan fingerprint density at radius 3 is 2.69 bits per heavy atom. The molecule has 1 atom stereocenters. The molecule has 1 N–H and O–H groups in total. The van der Waals surface area contributed by atoms with E-state index in [1.165, 1.54) is 24.6 Å². The van der Waals surface area contributed by atoms with Gasteiger partial charge in [-0.25, -0.2) is 9.97 Å². The fourth-order valence-electron chi connectivity index (χ4n) is 3.40. The van der Waals surface area contributed by atoms with Gasteiger partial charge in [0.1, 0.15) is 5.03 Å². The highest BCUT2D eigenvalue weighted by atomic mass is 32.2. The summed E-state index contributed by atoms with van der Waals surface area (Å²) in [4.78, 5) is 23.6. The SMILES string of the molecule is Cc1cc(C)cc(NC(=O)CSc2nccnc2N2CCC[C@@H](C)C2)c1. The maximum Gasteiger partial charge on any atom is 0.234 e. The summed E-state index contributed by atoms with van der Waals surface area (Å²) in [6, 6.07) is 6.06. The molecule has 0 bridgehead atoms. The van der Waals surface area contributed by atoms with Crippen molar-refractivity contribution in [2.75, 3.05) is 29.1 Å². The zero-order valence-corrected chi connectivity index (χ0v) is 16.5. The molecule has 0 radical (unpaired) electrons. The van der Waals surface area contributed by atoms with Crippen molar-refractivity contribution in [1.82, 2.24) is 9.97 Å². The first kappa shape index (κ1) is 18.7. The average Bonchev–Trinajstić information content (AvgIpc) is 2.59. The Morgan fingerprint density at radius 1 is 1.23 bits per heavy atom. The Hall–Kier alpha value is -2.08. The van der Waals surface area contributed by atoms with E-state index in [9.17, 15) is 4.79 Å². The molecule has 6 heteroatoms. The minimum absolute atomic E-state index is 0.0244. The first-order valence-corrected chi connectivity index (χ1v) is 10.1. The van der Waals surface area contributed by atoms with Crippen LogP contribution in [0.5, 0.6) is 0 Å². The number of benzene rings is 1. The monoisotopic (exact) mass is 370 g/mol. The van der Waals surface area contributed by atoms with Crippen molar-refractivity contribution in [1.29, 1.82) is 0 Å². The normalized spacial score (nSPS) is 17.2. The van der Waals surface area contributed by atoms with Crippen molar-refractivity contribution in [3.05, 3.63) is 41.7 Å². The van der Waals surface area contributed by atoms with E-state index < -0.39 is 0 Å². The third-order valence-corrected chi connectivity index (χ3v) is 5.42. The lowest BCUT2D eigenvalue weighted by atomic mass is 10.0. The molecule has 1 fully saturated rings. The van der Waals surface area contributed by atoms with E-state index in [2.05, 4.69) is 33.2 Å². The summed E-state index contributed by atoms with van der Waals surface area (Å²) in [5.74, 6) is 1.87. The van der Waals surface area contributed by atoms with Crippen molar-refractivity contribution >= 4 is 29.2 Å². The van der Waals surface area contributed by atoms with Crippen LogP contribution in [0.2, 0.25) is 0 Å². The lowest BCUT2D eigenvalue weighted by Crippen LogP contribution is -2.35. The second-order valence-electron chi connectivity index (χ2n) is 7.09. The standard InChI is InChI=1S/C20H26N4OS/c1-14-5-4-8-24(12-14)19-20(22-7-6-21-19)26-13-18(25)23-17-10-15(2)9-16(3)11-17/h6-7,9-11,14H,4-5,8,12-13H2,1-3H3,(H,23,25)/t14-/m1/s1. The van der Waals surface area contributed by atoms with Gasteiger partial charge in [-0.1, -0.05) is 24.8 Å². The van der Waals surface area contributed by atoms with E-state index in [1.807, 2.05) is 26.0 Å². The quantitative estimate of drug-likeness (QED) is 0.804. The van der Waals surface area contributed by atoms with Crippen LogP contribution in [0.15, 0.2) is 35.6 Å². The fourth-order valence-corrected chi connectivity index (χ4v) is 4.18. The summed E-state index contributed by atoms with van der Waals surface area (Å²) in [7, 11) is 0. The summed E-state index contributed by atoms with van der Waals surface area (Å²) < 4.78 is 0. The Balaban J connectivity index is 1.63. The van der Waals surface area contributed by atoms with Crippen molar-refractivity contribution in [2.24, 2.45) is 5.92 Å². The van der Waals surface area contributed by atoms with E-state index in [0.29, 0.717) is 11.7 Å². The largest absolute Gasteiger partial charge is 0.354 e. The molecule has 2 heterocycles. The molecule has 1 aliphatic rings. The van der Waals surface area contributed by atoms with Gasteiger partial charge in [0.2, 0.25) is 5.91 Å². The lowest BCUT2D eigenvalue weighted by Gasteiger charge is -2.32. The second-order valence-corrected chi connectivity index (χ2v) is 8.06. The van der Waals surface area contributed by atoms with Gasteiger partial charge < -0.3 is 10.2 Å². The number of piperidine rings is 1. The first-order chi connectivity index (χ1) is 12.5. The number of aryl methyl sites for hydroxylation is 2. The molecule has 26 heavy (non-hydrogen) atoms. The van der Waals surface area contributed by atoms with Crippen LogP contribution in [0.25, 0.3) is 0 Å². The second kappa shape index (κ2) is 8.54. The maximum atomic E-state index is 12.4. The predicted molar refractivity (Wildman–Crippen MR) is 108 cm³/mol. The molecule has 1 aliphatic heterocycles. The number of anilines is 2. The summed E-state index contributed by atoms with van der Waals surface area (Å²) in [6.45, 7) is 8.34. The van der Waals surface area contributed by atoms with E-state index in [4.69, 9.17) is 0 Å². The lowest BCUT2D eigenvalue weighted by molar-refractivity contribution is -0.113. The van der Waals surface area contributed by atoms with Crippen LogP contribution in [0, 0.1) is 19.8 Å². The van der Waals surface area contributed by atoms with Gasteiger partial charge in [-0.05, 0) is 55.9 Å². The number of carbonyl (C=O) groups excluding carboxylic acids is 1. The van der Waals surface area contributed by atoms with Gasteiger partial charge >= 0.3 is 0 Å². The molecule has 1 saturated heterocycles. The molecule has 1 aromatic carbocycles. The number of aromatic nitrogens is 2. The maximum absolute atomic E-state index is 12.4. The van der Waals surface area contributed by atoms with Gasteiger partial charge in [0.05, 0.1) is 5.75 Å². The van der Waals surface area contributed by atoms with Gasteiger partial charge in [0.25, 0.3) is 0 Å². The van der Waals surface area contributed by atoms with Gasteiger partial charge in [-0.2, -0.15) is 0 Å². The minimum Gasteiger partial charge on any atom is -0.354 e. The van der Waals surface area contributed by atoms with Crippen LogP contribution in [-0.2, 0) is 4.79 Å². The number of amides is 1. The van der Waals surface area contributed by atoms with Gasteiger partial charge in [-0.15, -0.1) is 0 Å². The Morgan fingerprint density at radius 2 is 1.96 bits per heavy atom. The van der Waals surface area contributed by atoms with Crippen LogP contribution in [0.3, 0.4) is 0 Å². The molecule has 0 aliphatic carbocycles. The first-order valence-electron chi connectivity index (χ1n) is 9.08. The van der Waals surface area contributed by atoms with Crippen LogP contribution < -0.4 is 10.2 Å². The number of hydrogen-bond donors (Lipinski definition) is 1. The molecule has 1 aromatic heterocycles.